The van der Waals surface area contributed by atoms with Gasteiger partial charge < -0.3 is 14.4 Å². The summed E-state index contributed by atoms with van der Waals surface area (Å²) in [5, 5.41) is 0. The second-order valence-corrected chi connectivity index (χ2v) is 12.0. The average Bonchev–Trinajstić information content (AvgIpc) is 2.95. The van der Waals surface area contributed by atoms with Gasteiger partial charge >= 0.3 is 5.97 Å². The Kier molecular flexibility index (Phi) is 9.26. The monoisotopic (exact) mass is 558 g/mol. The summed E-state index contributed by atoms with van der Waals surface area (Å²) in [6.45, 7) is 10.4. The number of esters is 1. The molecule has 0 radical (unpaired) electrons. The van der Waals surface area contributed by atoms with Crippen LogP contribution in [0.4, 0.5) is 10.1 Å². The fraction of sp³-hybridized carbons (Fsp3) is 0.486. The van der Waals surface area contributed by atoms with E-state index in [1.165, 1.54) is 44.2 Å². The number of piperidine rings is 1. The first-order valence-corrected chi connectivity index (χ1v) is 15.2. The van der Waals surface area contributed by atoms with E-state index in [1.807, 2.05) is 32.9 Å². The van der Waals surface area contributed by atoms with Gasteiger partial charge in [-0.05, 0) is 87.8 Å². The Morgan fingerprint density at radius 3 is 2.39 bits per heavy atom. The minimum atomic E-state index is -0.228. The minimum absolute atomic E-state index is 0.155. The van der Waals surface area contributed by atoms with E-state index in [-0.39, 0.29) is 24.3 Å². The van der Waals surface area contributed by atoms with Gasteiger partial charge in [-0.25, -0.2) is 4.39 Å². The van der Waals surface area contributed by atoms with Crippen molar-refractivity contribution in [2.24, 2.45) is 11.8 Å². The van der Waals surface area contributed by atoms with E-state index in [1.54, 1.807) is 12.1 Å². The van der Waals surface area contributed by atoms with E-state index in [0.29, 0.717) is 18.9 Å². The molecule has 1 aromatic heterocycles. The van der Waals surface area contributed by atoms with Crippen molar-refractivity contribution in [3.05, 3.63) is 76.9 Å². The van der Waals surface area contributed by atoms with Crippen LogP contribution in [0.25, 0.3) is 11.1 Å². The quantitative estimate of drug-likeness (QED) is 0.253. The van der Waals surface area contributed by atoms with Crippen molar-refractivity contribution in [2.75, 3.05) is 24.6 Å². The van der Waals surface area contributed by atoms with Crippen molar-refractivity contribution in [1.29, 1.82) is 0 Å². The average molecular weight is 559 g/mol. The first-order valence-electron chi connectivity index (χ1n) is 15.2. The highest BCUT2D eigenvalue weighted by atomic mass is 19.1. The summed E-state index contributed by atoms with van der Waals surface area (Å²) in [7, 11) is 0. The molecule has 2 aromatic carbocycles. The van der Waals surface area contributed by atoms with Crippen molar-refractivity contribution < 1.29 is 18.7 Å². The number of aromatic nitrogens is 1. The van der Waals surface area contributed by atoms with Gasteiger partial charge in [-0.3, -0.25) is 9.78 Å². The van der Waals surface area contributed by atoms with Gasteiger partial charge in [-0.1, -0.05) is 43.5 Å². The van der Waals surface area contributed by atoms with Gasteiger partial charge in [0.15, 0.2) is 0 Å². The summed E-state index contributed by atoms with van der Waals surface area (Å²) >= 11 is 0. The Labute approximate surface area is 244 Å². The molecule has 41 heavy (non-hydrogen) atoms. The van der Waals surface area contributed by atoms with E-state index in [4.69, 9.17) is 14.5 Å². The number of ether oxygens (including phenoxy) is 2. The first-order chi connectivity index (χ1) is 19.8. The Morgan fingerprint density at radius 2 is 1.68 bits per heavy atom. The molecule has 3 aromatic rings. The molecule has 2 heterocycles. The van der Waals surface area contributed by atoms with Gasteiger partial charge in [0.2, 0.25) is 0 Å². The van der Waals surface area contributed by atoms with Crippen molar-refractivity contribution in [3.63, 3.8) is 0 Å². The predicted octanol–water partition coefficient (Wildman–Crippen LogP) is 7.64. The summed E-state index contributed by atoms with van der Waals surface area (Å²) in [5.41, 5.74) is 7.19. The molecule has 2 unspecified atom stereocenters. The maximum absolute atomic E-state index is 13.2. The molecule has 0 bridgehead atoms. The van der Waals surface area contributed by atoms with E-state index in [0.717, 1.165) is 64.1 Å². The highest BCUT2D eigenvalue weighted by Crippen LogP contribution is 2.43. The van der Waals surface area contributed by atoms with Crippen molar-refractivity contribution in [3.8, 4) is 16.9 Å². The van der Waals surface area contributed by atoms with E-state index in [9.17, 15) is 9.18 Å². The lowest BCUT2D eigenvalue weighted by Crippen LogP contribution is -2.42. The lowest BCUT2D eigenvalue weighted by Gasteiger charge is -2.43. The van der Waals surface area contributed by atoms with Crippen LogP contribution < -0.4 is 9.64 Å². The molecule has 1 saturated heterocycles. The summed E-state index contributed by atoms with van der Waals surface area (Å²) in [6.07, 6.45) is 7.26. The van der Waals surface area contributed by atoms with Crippen molar-refractivity contribution in [2.45, 2.75) is 78.7 Å². The number of fused-ring (bicyclic) bond motifs is 1. The molecular formula is C35H43FN2O3. The van der Waals surface area contributed by atoms with Gasteiger partial charge in [0.05, 0.1) is 24.8 Å². The molecule has 6 heteroatoms. The number of pyridine rings is 1. The van der Waals surface area contributed by atoms with Crippen LogP contribution in [0.15, 0.2) is 48.5 Å². The van der Waals surface area contributed by atoms with Gasteiger partial charge in [-0.15, -0.1) is 0 Å². The Balaban J connectivity index is 1.43. The number of rotatable bonds is 9. The number of hydrogen-bond acceptors (Lipinski definition) is 5. The fourth-order valence-corrected chi connectivity index (χ4v) is 6.68. The SMILES string of the molecule is Cc1nc(C)c(-c2ccc(OCCc3ccc(F)cc3)cc2)c(N2CCC3CCCCC3C2)c1CC(=O)OC(C)C. The maximum Gasteiger partial charge on any atom is 0.310 e. The third kappa shape index (κ3) is 7.09. The summed E-state index contributed by atoms with van der Waals surface area (Å²) in [5.74, 6) is 1.87. The van der Waals surface area contributed by atoms with E-state index < -0.39 is 0 Å². The molecule has 5 rings (SSSR count). The van der Waals surface area contributed by atoms with Gasteiger partial charge in [0.25, 0.3) is 0 Å². The summed E-state index contributed by atoms with van der Waals surface area (Å²) < 4.78 is 24.8. The second kappa shape index (κ2) is 13.1. The topological polar surface area (TPSA) is 51.7 Å². The van der Waals surface area contributed by atoms with Gasteiger partial charge in [-0.2, -0.15) is 0 Å². The lowest BCUT2D eigenvalue weighted by molar-refractivity contribution is -0.146. The maximum atomic E-state index is 13.2. The smallest absolute Gasteiger partial charge is 0.310 e. The van der Waals surface area contributed by atoms with Crippen molar-refractivity contribution in [1.82, 2.24) is 4.98 Å². The molecule has 0 amide bonds. The zero-order chi connectivity index (χ0) is 28.9. The third-order valence-corrected chi connectivity index (χ3v) is 8.67. The molecule has 0 N–H and O–H groups in total. The number of hydrogen-bond donors (Lipinski definition) is 0. The first kappa shape index (κ1) is 29.1. The fourth-order valence-electron chi connectivity index (χ4n) is 6.68. The molecule has 218 valence electrons. The number of halogens is 1. The van der Waals surface area contributed by atoms with E-state index in [2.05, 4.69) is 24.0 Å². The van der Waals surface area contributed by atoms with Crippen LogP contribution in [0.3, 0.4) is 0 Å². The highest BCUT2D eigenvalue weighted by Gasteiger charge is 2.34. The number of aryl methyl sites for hydroxylation is 2. The lowest BCUT2D eigenvalue weighted by atomic mass is 9.75. The molecule has 2 fully saturated rings. The van der Waals surface area contributed by atoms with Crippen LogP contribution >= 0.6 is 0 Å². The number of nitrogens with zero attached hydrogens (tertiary/aromatic N) is 2. The summed E-state index contributed by atoms with van der Waals surface area (Å²) in [6, 6.07) is 14.7. The molecular weight excluding hydrogens is 515 g/mol. The molecule has 0 spiro atoms. The van der Waals surface area contributed by atoms with Crippen LogP contribution in [0, 0.1) is 31.5 Å². The number of benzene rings is 2. The Morgan fingerprint density at radius 1 is 0.976 bits per heavy atom. The van der Waals surface area contributed by atoms with Gasteiger partial charge in [0.1, 0.15) is 11.6 Å². The van der Waals surface area contributed by atoms with Crippen molar-refractivity contribution >= 4 is 11.7 Å². The van der Waals surface area contributed by atoms with Crippen LogP contribution in [0.1, 0.15) is 68.5 Å². The standard InChI is InChI=1S/C35H43FN2O3/c1-23(2)41-33(39)21-32-24(3)37-25(4)34(35(32)38-19-17-27-7-5-6-8-29(27)22-38)28-11-15-31(16-12-28)40-20-18-26-9-13-30(36)14-10-26/h9-16,23,27,29H,5-8,17-22H2,1-4H3. The number of anilines is 1. The second-order valence-electron chi connectivity index (χ2n) is 12.0. The number of carbonyl (C=O) groups excluding carboxylic acids is 1. The third-order valence-electron chi connectivity index (χ3n) is 8.67. The van der Waals surface area contributed by atoms with Crippen LogP contribution in [-0.4, -0.2) is 36.8 Å². The molecule has 1 aliphatic carbocycles. The zero-order valence-corrected chi connectivity index (χ0v) is 24.9. The summed E-state index contributed by atoms with van der Waals surface area (Å²) in [4.78, 5) is 20.4. The normalized spacial score (nSPS) is 18.7. The predicted molar refractivity (Wildman–Crippen MR) is 162 cm³/mol. The van der Waals surface area contributed by atoms with Gasteiger partial charge in [0, 0.05) is 42.0 Å². The molecule has 2 aliphatic rings. The largest absolute Gasteiger partial charge is 0.493 e. The van der Waals surface area contributed by atoms with E-state index >= 15 is 0 Å². The highest BCUT2D eigenvalue weighted by molar-refractivity contribution is 5.87. The van der Waals surface area contributed by atoms with Crippen LogP contribution in [-0.2, 0) is 22.4 Å². The Hall–Kier alpha value is -3.41. The molecule has 2 atom stereocenters. The van der Waals surface area contributed by atoms with Crippen LogP contribution in [0.5, 0.6) is 5.75 Å². The minimum Gasteiger partial charge on any atom is -0.493 e. The molecule has 5 nitrogen and oxygen atoms in total. The van der Waals surface area contributed by atoms with Crippen LogP contribution in [0.2, 0.25) is 0 Å². The zero-order valence-electron chi connectivity index (χ0n) is 24.9. The molecule has 1 saturated carbocycles. The number of carbonyl (C=O) groups is 1. The Bertz CT molecular complexity index is 1340. The molecule has 1 aliphatic heterocycles.